The zero-order valence-electron chi connectivity index (χ0n) is 19.4. The van der Waals surface area contributed by atoms with Gasteiger partial charge in [0.05, 0.1) is 18.8 Å². The number of halogens is 1. The molecule has 8 heteroatoms. The number of ether oxygens (including phenoxy) is 1. The highest BCUT2D eigenvalue weighted by molar-refractivity contribution is 5.90. The van der Waals surface area contributed by atoms with Crippen molar-refractivity contribution in [1.29, 1.82) is 0 Å². The monoisotopic (exact) mass is 466 g/mol. The van der Waals surface area contributed by atoms with E-state index in [-0.39, 0.29) is 19.0 Å². The molecule has 2 bridgehead atoms. The van der Waals surface area contributed by atoms with Gasteiger partial charge in [0, 0.05) is 31.6 Å². The molecule has 2 N–H and O–H groups in total. The van der Waals surface area contributed by atoms with Gasteiger partial charge in [-0.05, 0) is 61.2 Å². The molecule has 6 rings (SSSR count). The van der Waals surface area contributed by atoms with E-state index >= 15 is 0 Å². The lowest BCUT2D eigenvalue weighted by Crippen LogP contribution is -2.55. The molecule has 4 heterocycles. The lowest BCUT2D eigenvalue weighted by Gasteiger charge is -2.45. The number of hydrogen-bond acceptors (Lipinski definition) is 5. The summed E-state index contributed by atoms with van der Waals surface area (Å²) >= 11 is 0. The Morgan fingerprint density at radius 1 is 1.12 bits per heavy atom. The molecule has 2 atom stereocenters. The molecule has 0 radical (unpaired) electrons. The third-order valence-corrected chi connectivity index (χ3v) is 7.21. The molecule has 34 heavy (non-hydrogen) atoms. The fourth-order valence-electron chi connectivity index (χ4n) is 5.25. The Bertz CT molecular complexity index is 1050. The lowest BCUT2D eigenvalue weighted by molar-refractivity contribution is -0.119. The zero-order chi connectivity index (χ0) is 23.7. The van der Waals surface area contributed by atoms with Crippen molar-refractivity contribution in [1.82, 2.24) is 15.5 Å². The number of anilines is 1. The van der Waals surface area contributed by atoms with Crippen LogP contribution >= 0.6 is 0 Å². The molecular weight excluding hydrogens is 435 g/mol. The van der Waals surface area contributed by atoms with Crippen molar-refractivity contribution in [2.75, 3.05) is 37.6 Å². The van der Waals surface area contributed by atoms with Crippen molar-refractivity contribution in [3.63, 3.8) is 0 Å². The SMILES string of the molecule is CC(=O)NC[C@H]1CN(c2ccc(-c3ccc(CNC4CN5CCC4CC5)cc3)c(F)c2)C(=O)O1. The number of hydrogen-bond donors (Lipinski definition) is 2. The predicted molar refractivity (Wildman–Crippen MR) is 128 cm³/mol. The van der Waals surface area contributed by atoms with Crippen molar-refractivity contribution in [3.05, 3.63) is 53.8 Å². The maximum Gasteiger partial charge on any atom is 0.414 e. The Labute approximate surface area is 199 Å². The molecule has 0 aliphatic carbocycles. The van der Waals surface area contributed by atoms with Crippen LogP contribution in [0.4, 0.5) is 14.9 Å². The van der Waals surface area contributed by atoms with Crippen LogP contribution in [0.5, 0.6) is 0 Å². The van der Waals surface area contributed by atoms with Crippen LogP contribution in [0.15, 0.2) is 42.5 Å². The van der Waals surface area contributed by atoms with Gasteiger partial charge in [-0.3, -0.25) is 9.69 Å². The summed E-state index contributed by atoms with van der Waals surface area (Å²) < 4.78 is 20.3. The molecule has 0 spiro atoms. The van der Waals surface area contributed by atoms with Gasteiger partial charge >= 0.3 is 6.09 Å². The molecule has 4 fully saturated rings. The Morgan fingerprint density at radius 2 is 1.88 bits per heavy atom. The van der Waals surface area contributed by atoms with Crippen LogP contribution in [-0.2, 0) is 16.1 Å². The number of nitrogens with one attached hydrogen (secondary N) is 2. The maximum atomic E-state index is 15.0. The number of cyclic esters (lactones) is 1. The van der Waals surface area contributed by atoms with Gasteiger partial charge in [-0.2, -0.15) is 0 Å². The van der Waals surface area contributed by atoms with E-state index in [1.807, 2.05) is 24.3 Å². The third-order valence-electron chi connectivity index (χ3n) is 7.21. The highest BCUT2D eigenvalue weighted by Crippen LogP contribution is 2.30. The molecule has 0 saturated carbocycles. The molecule has 180 valence electrons. The van der Waals surface area contributed by atoms with Gasteiger partial charge in [-0.25, -0.2) is 9.18 Å². The molecule has 2 amide bonds. The van der Waals surface area contributed by atoms with Crippen LogP contribution in [0.1, 0.15) is 25.3 Å². The number of carbonyl (C=O) groups is 2. The smallest absolute Gasteiger partial charge is 0.414 e. The number of amides is 2. The zero-order valence-corrected chi connectivity index (χ0v) is 19.4. The summed E-state index contributed by atoms with van der Waals surface area (Å²) in [6.07, 6.45) is 1.58. The number of nitrogens with zero attached hydrogens (tertiary/aromatic N) is 2. The average molecular weight is 467 g/mol. The standard InChI is InChI=1S/C26H31FN4O3/c1-17(32)28-14-22-15-31(26(33)34-22)21-6-7-23(24(27)12-21)19-4-2-18(3-5-19)13-29-25-16-30-10-8-20(25)9-11-30/h2-7,12,20,22,25,29H,8-11,13-16H2,1H3,(H,28,32)/t22-,25?/m0/s1. The molecule has 4 saturated heterocycles. The minimum Gasteiger partial charge on any atom is -0.442 e. The van der Waals surface area contributed by atoms with Crippen molar-refractivity contribution < 1.29 is 18.7 Å². The molecule has 4 aliphatic rings. The van der Waals surface area contributed by atoms with E-state index in [9.17, 15) is 14.0 Å². The predicted octanol–water partition coefficient (Wildman–Crippen LogP) is 3.14. The highest BCUT2D eigenvalue weighted by atomic mass is 19.1. The van der Waals surface area contributed by atoms with E-state index in [0.29, 0.717) is 17.3 Å². The summed E-state index contributed by atoms with van der Waals surface area (Å²) in [5.74, 6) is 0.199. The molecule has 1 unspecified atom stereocenters. The van der Waals surface area contributed by atoms with E-state index in [1.165, 1.54) is 49.4 Å². The van der Waals surface area contributed by atoms with E-state index in [4.69, 9.17) is 4.74 Å². The number of carbonyl (C=O) groups excluding carboxylic acids is 2. The minimum atomic E-state index is -0.539. The second kappa shape index (κ2) is 9.72. The van der Waals surface area contributed by atoms with Crippen LogP contribution in [-0.4, -0.2) is 61.8 Å². The van der Waals surface area contributed by atoms with Crippen LogP contribution in [0, 0.1) is 11.7 Å². The molecule has 0 aromatic heterocycles. The largest absolute Gasteiger partial charge is 0.442 e. The Hall–Kier alpha value is -2.97. The van der Waals surface area contributed by atoms with Crippen LogP contribution in [0.25, 0.3) is 11.1 Å². The van der Waals surface area contributed by atoms with Crippen LogP contribution < -0.4 is 15.5 Å². The van der Waals surface area contributed by atoms with Gasteiger partial charge in [0.25, 0.3) is 0 Å². The van der Waals surface area contributed by atoms with Crippen molar-refractivity contribution in [3.8, 4) is 11.1 Å². The minimum absolute atomic E-state index is 0.189. The summed E-state index contributed by atoms with van der Waals surface area (Å²) in [5.41, 5.74) is 2.91. The Kier molecular flexibility index (Phi) is 6.52. The van der Waals surface area contributed by atoms with Gasteiger partial charge in [-0.15, -0.1) is 0 Å². The first-order valence-corrected chi connectivity index (χ1v) is 12.0. The molecule has 4 aliphatic heterocycles. The molecule has 2 aromatic carbocycles. The van der Waals surface area contributed by atoms with Crippen molar-refractivity contribution >= 4 is 17.7 Å². The number of piperidine rings is 3. The molecular formula is C26H31FN4O3. The third kappa shape index (κ3) is 4.93. The fraction of sp³-hybridized carbons (Fsp3) is 0.462. The highest BCUT2D eigenvalue weighted by Gasteiger charge is 2.34. The average Bonchev–Trinajstić information content (AvgIpc) is 3.23. The van der Waals surface area contributed by atoms with Gasteiger partial charge < -0.3 is 20.3 Å². The molecule has 2 aromatic rings. The quantitative estimate of drug-likeness (QED) is 0.656. The Balaban J connectivity index is 1.20. The summed E-state index contributed by atoms with van der Waals surface area (Å²) in [4.78, 5) is 27.2. The van der Waals surface area contributed by atoms with Crippen molar-refractivity contribution in [2.45, 2.75) is 38.5 Å². The first-order chi connectivity index (χ1) is 16.5. The summed E-state index contributed by atoms with van der Waals surface area (Å²) in [6, 6.07) is 13.3. The van der Waals surface area contributed by atoms with Gasteiger partial charge in [-0.1, -0.05) is 24.3 Å². The van der Waals surface area contributed by atoms with E-state index < -0.39 is 18.0 Å². The van der Waals surface area contributed by atoms with E-state index in [2.05, 4.69) is 15.5 Å². The van der Waals surface area contributed by atoms with Gasteiger partial charge in [0.15, 0.2) is 0 Å². The van der Waals surface area contributed by atoms with Gasteiger partial charge in [0.1, 0.15) is 11.9 Å². The molecule has 7 nitrogen and oxygen atoms in total. The lowest BCUT2D eigenvalue weighted by atomic mass is 9.84. The first kappa shape index (κ1) is 22.8. The topological polar surface area (TPSA) is 73.9 Å². The first-order valence-electron chi connectivity index (χ1n) is 12.0. The number of fused-ring (bicyclic) bond motifs is 3. The van der Waals surface area contributed by atoms with Gasteiger partial charge in [0.2, 0.25) is 5.91 Å². The summed E-state index contributed by atoms with van der Waals surface area (Å²) in [5, 5.41) is 6.35. The second-order valence-electron chi connectivity index (χ2n) is 9.54. The number of benzene rings is 2. The van der Waals surface area contributed by atoms with E-state index in [1.54, 1.807) is 12.1 Å². The second-order valence-corrected chi connectivity index (χ2v) is 9.54. The van der Waals surface area contributed by atoms with Crippen molar-refractivity contribution in [2.24, 2.45) is 5.92 Å². The summed E-state index contributed by atoms with van der Waals surface area (Å²) in [6.45, 7) is 6.32. The maximum absolute atomic E-state index is 15.0. The van der Waals surface area contributed by atoms with E-state index in [0.717, 1.165) is 24.6 Å². The normalized spacial score (nSPS) is 25.9. The Morgan fingerprint density at radius 3 is 2.53 bits per heavy atom. The number of rotatable bonds is 7. The van der Waals surface area contributed by atoms with Crippen LogP contribution in [0.3, 0.4) is 0 Å². The van der Waals surface area contributed by atoms with Crippen LogP contribution in [0.2, 0.25) is 0 Å². The fourth-order valence-corrected chi connectivity index (χ4v) is 5.25. The summed E-state index contributed by atoms with van der Waals surface area (Å²) in [7, 11) is 0.